The highest BCUT2D eigenvalue weighted by Gasteiger charge is 2.61. The Balaban J connectivity index is 0.949. The normalized spacial score (nSPS) is 23.6. The predicted molar refractivity (Wildman–Crippen MR) is 269 cm³/mol. The number of methoxy groups -OCH3 is 1. The molecule has 9 rings (SSSR count). The van der Waals surface area contributed by atoms with Gasteiger partial charge in [-0.2, -0.15) is 0 Å². The molecule has 0 aromatic heterocycles. The van der Waals surface area contributed by atoms with Gasteiger partial charge in [-0.05, 0) is 114 Å². The summed E-state index contributed by atoms with van der Waals surface area (Å²) in [6.07, 6.45) is 3.43. The number of hydrogen-bond donors (Lipinski definition) is 5. The second kappa shape index (κ2) is 18.9. The zero-order valence-corrected chi connectivity index (χ0v) is 41.6. The molecule has 1 spiro atoms. The number of fused-ring (bicyclic) bond motifs is 3. The molecule has 5 atom stereocenters. The first-order valence-electron chi connectivity index (χ1n) is 23.8. The van der Waals surface area contributed by atoms with Crippen molar-refractivity contribution < 1.29 is 33.1 Å². The van der Waals surface area contributed by atoms with Crippen molar-refractivity contribution in [3.05, 3.63) is 133 Å². The van der Waals surface area contributed by atoms with Crippen molar-refractivity contribution in [2.75, 3.05) is 30.8 Å². The van der Waals surface area contributed by atoms with E-state index in [9.17, 15) is 24.0 Å². The molecule has 5 aliphatic rings. The average molecular weight is 988 g/mol. The quantitative estimate of drug-likeness (QED) is 0.0822. The number of ether oxygens (including phenoxy) is 1. The second-order valence-corrected chi connectivity index (χ2v) is 22.0. The number of nitrogens with one attached hydrogen (secondary N) is 5. The third-order valence-corrected chi connectivity index (χ3v) is 15.2. The molecule has 1 unspecified atom stereocenters. The molecular formula is C55H57Cl2FN6O6. The molecule has 0 radical (unpaired) electrons. The van der Waals surface area contributed by atoms with Crippen LogP contribution in [0.1, 0.15) is 122 Å². The van der Waals surface area contributed by atoms with E-state index >= 15 is 4.39 Å². The summed E-state index contributed by atoms with van der Waals surface area (Å²) in [7, 11) is 1.47. The lowest BCUT2D eigenvalue weighted by Gasteiger charge is -2.39. The molecule has 2 saturated heterocycles. The lowest BCUT2D eigenvalue weighted by Crippen LogP contribution is -2.52. The molecule has 2 fully saturated rings. The number of allylic oxidation sites excluding steroid dienone is 1. The maximum absolute atomic E-state index is 16.4. The molecule has 0 bridgehead atoms. The van der Waals surface area contributed by atoms with Crippen molar-refractivity contribution in [1.82, 2.24) is 20.9 Å². The van der Waals surface area contributed by atoms with E-state index in [0.29, 0.717) is 52.4 Å². The summed E-state index contributed by atoms with van der Waals surface area (Å²) in [4.78, 5) is 68.2. The van der Waals surface area contributed by atoms with Gasteiger partial charge in [-0.15, -0.1) is 0 Å². The Morgan fingerprint density at radius 2 is 1.77 bits per heavy atom. The number of halogens is 3. The molecule has 70 heavy (non-hydrogen) atoms. The van der Waals surface area contributed by atoms with Crippen molar-refractivity contribution in [2.24, 2.45) is 10.8 Å². The van der Waals surface area contributed by atoms with Gasteiger partial charge in [0, 0.05) is 76.4 Å². The lowest BCUT2D eigenvalue weighted by atomic mass is 9.63. The SMILES string of the molecule is COc1cc(C(=O)NCC2=C(C#Cc3cccc4c3CN(C3CCC(=O)NC3=O)C4=O)CC(C)(C)CC2)ccc1NC(=O)[C@@H]1N[C@@H](CC(C)(C)C)[C@@]2(CNc3cc(Cl)ccc32)[C@H]1c1cccc(Cl)c1F. The standard InChI is InChI=1S/C55H57Cl2FN6O6/c1-53(2,3)26-44-55(29-60-41-24-34(56)16-17-38(41)55)46(36-11-8-12-39(57)47(36)58)48(62-44)51(68)61-40-18-15-31(23-43(40)70-6)49(66)59-27-33-21-22-54(4,5)25-32(33)14-13-30-9-7-10-35-37(30)28-64(52(35)69)42-19-20-45(65)63-50(42)67/h7-12,15-18,23-24,42,44,46,48,60,62H,19-22,25-29H2,1-6H3,(H,59,66)(H,61,68)(H,63,65,67)/t42?,44-,46-,48+,55-/m0/s1. The van der Waals surface area contributed by atoms with Crippen LogP contribution in [0.3, 0.4) is 0 Å². The van der Waals surface area contributed by atoms with Crippen molar-refractivity contribution in [3.8, 4) is 17.6 Å². The van der Waals surface area contributed by atoms with Crippen LogP contribution in [0.25, 0.3) is 0 Å². The van der Waals surface area contributed by atoms with Crippen molar-refractivity contribution in [2.45, 2.75) is 109 Å². The Morgan fingerprint density at radius 1 is 0.986 bits per heavy atom. The molecule has 5 amide bonds. The minimum absolute atomic E-state index is 0.0282. The van der Waals surface area contributed by atoms with E-state index in [1.165, 1.54) is 18.1 Å². The Labute approximate surface area is 417 Å². The molecule has 12 nitrogen and oxygen atoms in total. The third kappa shape index (κ3) is 9.29. The fourth-order valence-electron chi connectivity index (χ4n) is 11.2. The Kier molecular flexibility index (Phi) is 13.1. The monoisotopic (exact) mass is 986 g/mol. The number of nitrogens with zero attached hydrogens (tertiary/aromatic N) is 1. The Hall–Kier alpha value is -6.20. The number of amides is 5. The highest BCUT2D eigenvalue weighted by molar-refractivity contribution is 6.31. The number of rotatable bonds is 9. The molecule has 15 heteroatoms. The summed E-state index contributed by atoms with van der Waals surface area (Å²) in [5, 5.41) is 16.2. The summed E-state index contributed by atoms with van der Waals surface area (Å²) in [6, 6.07) is 18.9. The zero-order valence-electron chi connectivity index (χ0n) is 40.1. The number of hydrogen-bond acceptors (Lipinski definition) is 8. The van der Waals surface area contributed by atoms with Gasteiger partial charge in [0.05, 0.1) is 23.9 Å². The molecule has 5 N–H and O–H groups in total. The summed E-state index contributed by atoms with van der Waals surface area (Å²) in [5.41, 5.74) is 5.63. The molecule has 4 aromatic carbocycles. The van der Waals surface area contributed by atoms with Gasteiger partial charge in [-0.1, -0.05) is 93.9 Å². The maximum atomic E-state index is 16.4. The topological polar surface area (TPSA) is 158 Å². The maximum Gasteiger partial charge on any atom is 0.255 e. The van der Waals surface area contributed by atoms with E-state index in [1.54, 1.807) is 42.5 Å². The highest BCUT2D eigenvalue weighted by Crippen LogP contribution is 2.57. The van der Waals surface area contributed by atoms with Gasteiger partial charge in [0.1, 0.15) is 17.6 Å². The van der Waals surface area contributed by atoms with Crippen LogP contribution < -0.4 is 31.3 Å². The summed E-state index contributed by atoms with van der Waals surface area (Å²) < 4.78 is 22.1. The van der Waals surface area contributed by atoms with Crippen LogP contribution in [0.4, 0.5) is 15.8 Å². The second-order valence-electron chi connectivity index (χ2n) is 21.2. The van der Waals surface area contributed by atoms with Gasteiger partial charge in [-0.25, -0.2) is 4.39 Å². The van der Waals surface area contributed by atoms with Crippen LogP contribution in [-0.2, 0) is 26.3 Å². The highest BCUT2D eigenvalue weighted by atomic mass is 35.5. The first kappa shape index (κ1) is 48.8. The third-order valence-electron chi connectivity index (χ3n) is 14.7. The molecular weight excluding hydrogens is 931 g/mol. The molecule has 0 saturated carbocycles. The van der Waals surface area contributed by atoms with Gasteiger partial charge < -0.3 is 30.9 Å². The number of imide groups is 1. The summed E-state index contributed by atoms with van der Waals surface area (Å²) in [5.74, 6) is 3.90. The minimum Gasteiger partial charge on any atom is -0.495 e. The molecule has 364 valence electrons. The van der Waals surface area contributed by atoms with Crippen LogP contribution in [0, 0.1) is 28.5 Å². The van der Waals surface area contributed by atoms with Gasteiger partial charge in [0.15, 0.2) is 0 Å². The number of carbonyl (C=O) groups is 5. The van der Waals surface area contributed by atoms with Crippen LogP contribution >= 0.6 is 23.2 Å². The average Bonchev–Trinajstić information content (AvgIpc) is 3.96. The van der Waals surface area contributed by atoms with Gasteiger partial charge >= 0.3 is 0 Å². The largest absolute Gasteiger partial charge is 0.495 e. The Bertz CT molecular complexity index is 2950. The summed E-state index contributed by atoms with van der Waals surface area (Å²) >= 11 is 12.9. The van der Waals surface area contributed by atoms with E-state index in [4.69, 9.17) is 27.9 Å². The number of anilines is 2. The number of carbonyl (C=O) groups excluding carboxylic acids is 5. The number of benzene rings is 4. The zero-order chi connectivity index (χ0) is 49.9. The molecule has 4 heterocycles. The van der Waals surface area contributed by atoms with Crippen molar-refractivity contribution in [3.63, 3.8) is 0 Å². The van der Waals surface area contributed by atoms with Gasteiger partial charge in [-0.3, -0.25) is 29.3 Å². The molecule has 1 aliphatic carbocycles. The van der Waals surface area contributed by atoms with Crippen LogP contribution in [0.15, 0.2) is 83.9 Å². The predicted octanol–water partition coefficient (Wildman–Crippen LogP) is 9.05. The van der Waals surface area contributed by atoms with Crippen LogP contribution in [0.5, 0.6) is 5.75 Å². The number of piperidine rings is 1. The first-order valence-corrected chi connectivity index (χ1v) is 24.5. The van der Waals surface area contributed by atoms with E-state index in [0.717, 1.165) is 40.8 Å². The lowest BCUT2D eigenvalue weighted by molar-refractivity contribution is -0.137. The van der Waals surface area contributed by atoms with E-state index in [-0.39, 0.29) is 71.3 Å². The molecule has 4 aromatic rings. The van der Waals surface area contributed by atoms with E-state index in [2.05, 4.69) is 73.0 Å². The van der Waals surface area contributed by atoms with Gasteiger partial charge in [0.25, 0.3) is 11.8 Å². The summed E-state index contributed by atoms with van der Waals surface area (Å²) in [6.45, 7) is 11.7. The van der Waals surface area contributed by atoms with Crippen molar-refractivity contribution in [1.29, 1.82) is 0 Å². The van der Waals surface area contributed by atoms with Crippen LogP contribution in [-0.4, -0.2) is 72.8 Å². The van der Waals surface area contributed by atoms with Crippen molar-refractivity contribution >= 4 is 64.1 Å². The Morgan fingerprint density at radius 3 is 2.53 bits per heavy atom. The minimum atomic E-state index is -0.916. The molecule has 4 aliphatic heterocycles. The smallest absolute Gasteiger partial charge is 0.255 e. The van der Waals surface area contributed by atoms with Gasteiger partial charge in [0.2, 0.25) is 17.7 Å². The van der Waals surface area contributed by atoms with E-state index < -0.39 is 41.0 Å². The van der Waals surface area contributed by atoms with Crippen LogP contribution in [0.2, 0.25) is 10.0 Å². The first-order chi connectivity index (χ1) is 33.3. The van der Waals surface area contributed by atoms with E-state index in [1.807, 2.05) is 24.3 Å². The fraction of sp³-hybridized carbons (Fsp3) is 0.400. The fourth-order valence-corrected chi connectivity index (χ4v) is 11.6.